The molecule has 0 bridgehead atoms. The molecule has 23 heavy (non-hydrogen) atoms. The number of esters is 1. The van der Waals surface area contributed by atoms with Crippen LogP contribution in [0.4, 0.5) is 0 Å². The maximum Gasteiger partial charge on any atom is 0.330 e. The molecule has 0 atom stereocenters. The van der Waals surface area contributed by atoms with Crippen molar-refractivity contribution >= 4 is 22.9 Å². The standard InChI is InChI=1S/C20H17NO2/c1-14-5-3-4-6-18(14)16-8-9-19-17(12-16)11-15(13-21-19)7-10-20(22)23-2/h3-13H,1-2H3. The Labute approximate surface area is 135 Å². The van der Waals surface area contributed by atoms with Crippen LogP contribution in [0.15, 0.2) is 60.8 Å². The van der Waals surface area contributed by atoms with Gasteiger partial charge in [0.1, 0.15) is 0 Å². The fraction of sp³-hybridized carbons (Fsp3) is 0.100. The van der Waals surface area contributed by atoms with Crippen LogP contribution in [0.3, 0.4) is 0 Å². The van der Waals surface area contributed by atoms with E-state index < -0.39 is 0 Å². The van der Waals surface area contributed by atoms with Gasteiger partial charge in [0.05, 0.1) is 12.6 Å². The van der Waals surface area contributed by atoms with Crippen molar-refractivity contribution < 1.29 is 9.53 Å². The maximum absolute atomic E-state index is 11.2. The Bertz CT molecular complexity index is 897. The van der Waals surface area contributed by atoms with Crippen LogP contribution >= 0.6 is 0 Å². The van der Waals surface area contributed by atoms with Gasteiger partial charge in [-0.2, -0.15) is 0 Å². The number of rotatable bonds is 3. The van der Waals surface area contributed by atoms with Crippen LogP contribution in [-0.2, 0) is 9.53 Å². The number of aromatic nitrogens is 1. The largest absolute Gasteiger partial charge is 0.466 e. The third-order valence-electron chi connectivity index (χ3n) is 3.77. The molecule has 0 aliphatic carbocycles. The molecule has 3 rings (SSSR count). The zero-order chi connectivity index (χ0) is 16.2. The maximum atomic E-state index is 11.2. The van der Waals surface area contributed by atoms with E-state index in [0.29, 0.717) is 0 Å². The van der Waals surface area contributed by atoms with Gasteiger partial charge in [-0.3, -0.25) is 4.98 Å². The number of aryl methyl sites for hydroxylation is 1. The van der Waals surface area contributed by atoms with E-state index in [0.717, 1.165) is 22.0 Å². The van der Waals surface area contributed by atoms with E-state index in [1.807, 2.05) is 24.3 Å². The molecule has 0 aliphatic rings. The van der Waals surface area contributed by atoms with Gasteiger partial charge in [0, 0.05) is 17.7 Å². The van der Waals surface area contributed by atoms with Gasteiger partial charge in [0.2, 0.25) is 0 Å². The highest BCUT2D eigenvalue weighted by atomic mass is 16.5. The minimum absolute atomic E-state index is 0.376. The Morgan fingerprint density at radius 3 is 2.74 bits per heavy atom. The number of hydrogen-bond acceptors (Lipinski definition) is 3. The van der Waals surface area contributed by atoms with Crippen molar-refractivity contribution in [2.45, 2.75) is 6.92 Å². The lowest BCUT2D eigenvalue weighted by Crippen LogP contribution is -1.93. The van der Waals surface area contributed by atoms with E-state index in [-0.39, 0.29) is 5.97 Å². The summed E-state index contributed by atoms with van der Waals surface area (Å²) in [6, 6.07) is 16.5. The normalized spacial score (nSPS) is 11.0. The first-order valence-corrected chi connectivity index (χ1v) is 7.39. The van der Waals surface area contributed by atoms with Gasteiger partial charge in [0.15, 0.2) is 0 Å². The van der Waals surface area contributed by atoms with Gasteiger partial charge >= 0.3 is 5.97 Å². The van der Waals surface area contributed by atoms with Crippen LogP contribution in [0.25, 0.3) is 28.1 Å². The molecule has 114 valence electrons. The second-order valence-electron chi connectivity index (χ2n) is 5.35. The van der Waals surface area contributed by atoms with Crippen molar-refractivity contribution in [3.63, 3.8) is 0 Å². The summed E-state index contributed by atoms with van der Waals surface area (Å²) in [5.41, 5.74) is 5.40. The number of carbonyl (C=O) groups excluding carboxylic acids is 1. The number of pyridine rings is 1. The SMILES string of the molecule is COC(=O)C=Cc1cnc2ccc(-c3ccccc3C)cc2c1. The van der Waals surface area contributed by atoms with Crippen molar-refractivity contribution in [3.8, 4) is 11.1 Å². The van der Waals surface area contributed by atoms with Crippen molar-refractivity contribution in [1.29, 1.82) is 0 Å². The molecule has 3 aromatic rings. The summed E-state index contributed by atoms with van der Waals surface area (Å²) in [5, 5.41) is 1.04. The molecular formula is C20H17NO2. The zero-order valence-corrected chi connectivity index (χ0v) is 13.1. The summed E-state index contributed by atoms with van der Waals surface area (Å²) in [7, 11) is 1.36. The molecule has 0 saturated heterocycles. The van der Waals surface area contributed by atoms with Crippen LogP contribution in [0, 0.1) is 6.92 Å². The van der Waals surface area contributed by atoms with Crippen molar-refractivity contribution in [3.05, 3.63) is 71.9 Å². The van der Waals surface area contributed by atoms with Crippen LogP contribution < -0.4 is 0 Å². The molecule has 3 nitrogen and oxygen atoms in total. The lowest BCUT2D eigenvalue weighted by molar-refractivity contribution is -0.134. The smallest absolute Gasteiger partial charge is 0.330 e. The van der Waals surface area contributed by atoms with Crippen LogP contribution in [0.1, 0.15) is 11.1 Å². The van der Waals surface area contributed by atoms with E-state index in [9.17, 15) is 4.79 Å². The number of carbonyl (C=O) groups is 1. The number of ether oxygens (including phenoxy) is 1. The average molecular weight is 303 g/mol. The van der Waals surface area contributed by atoms with E-state index in [1.165, 1.54) is 24.3 Å². The quantitative estimate of drug-likeness (QED) is 0.532. The van der Waals surface area contributed by atoms with Crippen molar-refractivity contribution in [2.75, 3.05) is 7.11 Å². The molecule has 1 aromatic heterocycles. The summed E-state index contributed by atoms with van der Waals surface area (Å²) in [5.74, 6) is -0.376. The Balaban J connectivity index is 2.03. The Kier molecular flexibility index (Phi) is 4.20. The minimum Gasteiger partial charge on any atom is -0.466 e. The number of fused-ring (bicyclic) bond motifs is 1. The molecule has 0 saturated carbocycles. The molecule has 0 unspecified atom stereocenters. The monoisotopic (exact) mass is 303 g/mol. The second-order valence-corrected chi connectivity index (χ2v) is 5.35. The van der Waals surface area contributed by atoms with Crippen LogP contribution in [0.5, 0.6) is 0 Å². The lowest BCUT2D eigenvalue weighted by atomic mass is 9.99. The highest BCUT2D eigenvalue weighted by molar-refractivity contribution is 5.89. The predicted octanol–water partition coefficient (Wildman–Crippen LogP) is 4.40. The Morgan fingerprint density at radius 1 is 1.13 bits per heavy atom. The van der Waals surface area contributed by atoms with Gasteiger partial charge < -0.3 is 4.74 Å². The van der Waals surface area contributed by atoms with E-state index in [4.69, 9.17) is 0 Å². The van der Waals surface area contributed by atoms with Crippen LogP contribution in [0.2, 0.25) is 0 Å². The topological polar surface area (TPSA) is 39.2 Å². The molecule has 0 fully saturated rings. The second kappa shape index (κ2) is 6.44. The third-order valence-corrected chi connectivity index (χ3v) is 3.77. The van der Waals surface area contributed by atoms with Gasteiger partial charge in [-0.25, -0.2) is 4.79 Å². The molecule has 1 heterocycles. The number of benzene rings is 2. The van der Waals surface area contributed by atoms with E-state index >= 15 is 0 Å². The number of methoxy groups -OCH3 is 1. The molecule has 0 radical (unpaired) electrons. The van der Waals surface area contributed by atoms with Gasteiger partial charge in [-0.15, -0.1) is 0 Å². The highest BCUT2D eigenvalue weighted by Gasteiger charge is 2.03. The first-order valence-electron chi connectivity index (χ1n) is 7.39. The van der Waals surface area contributed by atoms with Crippen LogP contribution in [-0.4, -0.2) is 18.1 Å². The predicted molar refractivity (Wildman–Crippen MR) is 93.0 cm³/mol. The summed E-state index contributed by atoms with van der Waals surface area (Å²) in [6.45, 7) is 2.10. The molecule has 0 amide bonds. The lowest BCUT2D eigenvalue weighted by Gasteiger charge is -2.07. The fourth-order valence-corrected chi connectivity index (χ4v) is 2.54. The summed E-state index contributed by atoms with van der Waals surface area (Å²) in [6.07, 6.45) is 4.85. The van der Waals surface area contributed by atoms with Crippen molar-refractivity contribution in [2.24, 2.45) is 0 Å². The minimum atomic E-state index is -0.376. The number of hydrogen-bond donors (Lipinski definition) is 0. The molecule has 0 spiro atoms. The molecule has 0 aliphatic heterocycles. The molecule has 2 aromatic carbocycles. The summed E-state index contributed by atoms with van der Waals surface area (Å²) >= 11 is 0. The fourth-order valence-electron chi connectivity index (χ4n) is 2.54. The highest BCUT2D eigenvalue weighted by Crippen LogP contribution is 2.26. The van der Waals surface area contributed by atoms with Gasteiger partial charge in [-0.05, 0) is 53.5 Å². The van der Waals surface area contributed by atoms with E-state index in [2.05, 4.69) is 40.9 Å². The van der Waals surface area contributed by atoms with Gasteiger partial charge in [0.25, 0.3) is 0 Å². The average Bonchev–Trinajstić information content (AvgIpc) is 2.59. The molecule has 0 N–H and O–H groups in total. The van der Waals surface area contributed by atoms with Crippen molar-refractivity contribution in [1.82, 2.24) is 4.98 Å². The number of nitrogens with zero attached hydrogens (tertiary/aromatic N) is 1. The first kappa shape index (κ1) is 15.0. The third kappa shape index (κ3) is 3.29. The Morgan fingerprint density at radius 2 is 1.96 bits per heavy atom. The zero-order valence-electron chi connectivity index (χ0n) is 13.1. The summed E-state index contributed by atoms with van der Waals surface area (Å²) in [4.78, 5) is 15.6. The first-order chi connectivity index (χ1) is 11.2. The Hall–Kier alpha value is -2.94. The summed E-state index contributed by atoms with van der Waals surface area (Å²) < 4.78 is 4.60. The molecular weight excluding hydrogens is 286 g/mol. The molecule has 3 heteroatoms. The van der Waals surface area contributed by atoms with Gasteiger partial charge in [-0.1, -0.05) is 30.3 Å². The van der Waals surface area contributed by atoms with E-state index in [1.54, 1.807) is 12.3 Å².